The minimum absolute atomic E-state index is 0.288. The van der Waals surface area contributed by atoms with Gasteiger partial charge in [-0.05, 0) is 62.8 Å². The number of aldehydes is 1. The number of nitrogens with zero attached hydrogens (tertiary/aromatic N) is 1. The van der Waals surface area contributed by atoms with Gasteiger partial charge in [0.05, 0.1) is 7.11 Å². The van der Waals surface area contributed by atoms with E-state index >= 15 is 0 Å². The summed E-state index contributed by atoms with van der Waals surface area (Å²) >= 11 is 0. The van der Waals surface area contributed by atoms with Gasteiger partial charge in [0.2, 0.25) is 0 Å². The second kappa shape index (κ2) is 10.4. The fraction of sp³-hybridized carbons (Fsp3) is 0.364. The molecular weight excluding hydrogens is 326 g/mol. The molecule has 0 N–H and O–H groups in total. The highest BCUT2D eigenvalue weighted by atomic mass is 16.5. The number of aliphatic imine (C=N–C) groups is 1. The molecule has 4 heteroatoms. The van der Waals surface area contributed by atoms with E-state index in [-0.39, 0.29) is 5.70 Å². The first kappa shape index (κ1) is 19.7. The normalized spacial score (nSPS) is 16.1. The van der Waals surface area contributed by atoms with Crippen LogP contribution >= 0.6 is 0 Å². The van der Waals surface area contributed by atoms with Crippen LogP contribution < -0.4 is 4.74 Å². The molecular formula is C22H27NO3. The molecule has 0 unspecified atom stereocenters. The van der Waals surface area contributed by atoms with Crippen molar-refractivity contribution in [3.05, 3.63) is 59.5 Å². The number of hydrogen-bond acceptors (Lipinski definition) is 4. The summed E-state index contributed by atoms with van der Waals surface area (Å²) < 4.78 is 11.2. The monoisotopic (exact) mass is 353 g/mol. The fourth-order valence-corrected chi connectivity index (χ4v) is 3.14. The van der Waals surface area contributed by atoms with Crippen LogP contribution in [0.15, 0.2) is 58.9 Å². The SMILES string of the molecule is C\C=C/C(C)=N\C(C=O)=C\OCC1=C(c2ccccc2OC)CCCC1. The number of rotatable bonds is 8. The average molecular weight is 353 g/mol. The van der Waals surface area contributed by atoms with Crippen LogP contribution in [0.5, 0.6) is 5.75 Å². The Bertz CT molecular complexity index is 742. The molecule has 0 amide bonds. The van der Waals surface area contributed by atoms with Crippen LogP contribution in [0.25, 0.3) is 5.57 Å². The highest BCUT2D eigenvalue weighted by molar-refractivity contribution is 5.95. The van der Waals surface area contributed by atoms with Gasteiger partial charge in [-0.1, -0.05) is 24.3 Å². The molecule has 0 aromatic heterocycles. The largest absolute Gasteiger partial charge is 0.496 e. The molecule has 0 bridgehead atoms. The fourth-order valence-electron chi connectivity index (χ4n) is 3.14. The molecule has 0 atom stereocenters. The highest BCUT2D eigenvalue weighted by Gasteiger charge is 2.17. The summed E-state index contributed by atoms with van der Waals surface area (Å²) in [5.74, 6) is 0.887. The molecule has 0 saturated carbocycles. The third-order valence-electron chi connectivity index (χ3n) is 4.31. The van der Waals surface area contributed by atoms with E-state index in [1.807, 2.05) is 44.2 Å². The Balaban J connectivity index is 2.19. The summed E-state index contributed by atoms with van der Waals surface area (Å²) in [4.78, 5) is 15.4. The highest BCUT2D eigenvalue weighted by Crippen LogP contribution is 2.36. The zero-order valence-corrected chi connectivity index (χ0v) is 15.8. The summed E-state index contributed by atoms with van der Waals surface area (Å²) in [6, 6.07) is 8.09. The van der Waals surface area contributed by atoms with Crippen molar-refractivity contribution < 1.29 is 14.3 Å². The van der Waals surface area contributed by atoms with Gasteiger partial charge < -0.3 is 9.47 Å². The lowest BCUT2D eigenvalue weighted by atomic mass is 9.87. The van der Waals surface area contributed by atoms with E-state index in [2.05, 4.69) is 11.1 Å². The second-order valence-corrected chi connectivity index (χ2v) is 6.21. The zero-order chi connectivity index (χ0) is 18.8. The van der Waals surface area contributed by atoms with Crippen LogP contribution in [-0.4, -0.2) is 25.7 Å². The summed E-state index contributed by atoms with van der Waals surface area (Å²) in [5, 5.41) is 0. The first-order chi connectivity index (χ1) is 12.7. The number of allylic oxidation sites excluding steroid dienone is 4. The van der Waals surface area contributed by atoms with Crippen LogP contribution in [-0.2, 0) is 9.53 Å². The number of hydrogen-bond donors (Lipinski definition) is 0. The summed E-state index contributed by atoms with van der Waals surface area (Å²) in [5.41, 5.74) is 4.74. The molecule has 4 nitrogen and oxygen atoms in total. The van der Waals surface area contributed by atoms with Crippen molar-refractivity contribution in [2.75, 3.05) is 13.7 Å². The first-order valence-electron chi connectivity index (χ1n) is 8.98. The molecule has 0 spiro atoms. The van der Waals surface area contributed by atoms with Gasteiger partial charge in [0.1, 0.15) is 24.3 Å². The molecule has 1 aromatic rings. The van der Waals surface area contributed by atoms with Gasteiger partial charge in [-0.2, -0.15) is 0 Å². The second-order valence-electron chi connectivity index (χ2n) is 6.21. The maximum absolute atomic E-state index is 11.2. The number of carbonyl (C=O) groups excluding carboxylic acids is 1. The number of carbonyl (C=O) groups is 1. The summed E-state index contributed by atoms with van der Waals surface area (Å²) in [6.45, 7) is 4.22. The van der Waals surface area contributed by atoms with Gasteiger partial charge >= 0.3 is 0 Å². The standard InChI is InChI=1S/C22H27NO3/c1-4-9-17(2)23-19(14-24)16-26-15-18-10-5-6-11-20(18)21-12-7-8-13-22(21)25-3/h4,7-9,12-14,16H,5-6,10-11,15H2,1-3H3/b9-4-,19-16+,23-17-. The quantitative estimate of drug-likeness (QED) is 0.282. The van der Waals surface area contributed by atoms with Gasteiger partial charge in [-0.15, -0.1) is 0 Å². The van der Waals surface area contributed by atoms with E-state index in [0.29, 0.717) is 12.9 Å². The molecule has 2 rings (SSSR count). The van der Waals surface area contributed by atoms with Gasteiger partial charge in [0.15, 0.2) is 6.29 Å². The van der Waals surface area contributed by atoms with Gasteiger partial charge in [0, 0.05) is 11.3 Å². The third kappa shape index (κ3) is 5.45. The van der Waals surface area contributed by atoms with Crippen molar-refractivity contribution in [3.63, 3.8) is 0 Å². The zero-order valence-electron chi connectivity index (χ0n) is 15.8. The van der Waals surface area contributed by atoms with E-state index < -0.39 is 0 Å². The van der Waals surface area contributed by atoms with E-state index in [1.165, 1.54) is 23.8 Å². The van der Waals surface area contributed by atoms with Crippen molar-refractivity contribution >= 4 is 17.6 Å². The Hall–Kier alpha value is -2.62. The minimum atomic E-state index is 0.288. The Morgan fingerprint density at radius 2 is 2.00 bits per heavy atom. The van der Waals surface area contributed by atoms with E-state index in [1.54, 1.807) is 7.11 Å². The van der Waals surface area contributed by atoms with Crippen molar-refractivity contribution in [1.29, 1.82) is 0 Å². The third-order valence-corrected chi connectivity index (χ3v) is 4.31. The molecule has 1 aromatic carbocycles. The van der Waals surface area contributed by atoms with E-state index in [4.69, 9.17) is 9.47 Å². The van der Waals surface area contributed by atoms with Gasteiger partial charge in [-0.3, -0.25) is 4.79 Å². The van der Waals surface area contributed by atoms with Gasteiger partial charge in [0.25, 0.3) is 0 Å². The predicted molar refractivity (Wildman–Crippen MR) is 106 cm³/mol. The van der Waals surface area contributed by atoms with Crippen molar-refractivity contribution in [2.24, 2.45) is 4.99 Å². The molecule has 26 heavy (non-hydrogen) atoms. The Morgan fingerprint density at radius 1 is 1.23 bits per heavy atom. The Kier molecular flexibility index (Phi) is 7.87. The summed E-state index contributed by atoms with van der Waals surface area (Å²) in [6.07, 6.45) is 10.2. The van der Waals surface area contributed by atoms with Crippen LogP contribution in [0.2, 0.25) is 0 Å². The maximum atomic E-state index is 11.2. The molecule has 1 aliphatic rings. The molecule has 0 fully saturated rings. The molecule has 0 radical (unpaired) electrons. The number of benzene rings is 1. The maximum Gasteiger partial charge on any atom is 0.171 e. The van der Waals surface area contributed by atoms with Crippen molar-refractivity contribution in [3.8, 4) is 5.75 Å². The number of ether oxygens (including phenoxy) is 2. The molecule has 138 valence electrons. The lowest BCUT2D eigenvalue weighted by Gasteiger charge is -2.22. The predicted octanol–water partition coefficient (Wildman–Crippen LogP) is 5.12. The molecule has 1 aliphatic carbocycles. The van der Waals surface area contributed by atoms with Crippen LogP contribution in [0.1, 0.15) is 45.1 Å². The first-order valence-corrected chi connectivity index (χ1v) is 8.98. The van der Waals surface area contributed by atoms with Gasteiger partial charge in [-0.25, -0.2) is 4.99 Å². The average Bonchev–Trinajstić information content (AvgIpc) is 2.67. The van der Waals surface area contributed by atoms with Crippen molar-refractivity contribution in [2.45, 2.75) is 39.5 Å². The van der Waals surface area contributed by atoms with E-state index in [9.17, 15) is 4.79 Å². The lowest BCUT2D eigenvalue weighted by molar-refractivity contribution is -0.105. The smallest absolute Gasteiger partial charge is 0.171 e. The topological polar surface area (TPSA) is 47.9 Å². The van der Waals surface area contributed by atoms with Crippen molar-refractivity contribution in [1.82, 2.24) is 0 Å². The van der Waals surface area contributed by atoms with Crippen LogP contribution in [0.4, 0.5) is 0 Å². The Morgan fingerprint density at radius 3 is 2.73 bits per heavy atom. The van der Waals surface area contributed by atoms with E-state index in [0.717, 1.165) is 36.3 Å². The van der Waals surface area contributed by atoms with Crippen LogP contribution in [0.3, 0.4) is 0 Å². The molecule has 0 heterocycles. The minimum Gasteiger partial charge on any atom is -0.496 e. The number of para-hydroxylation sites is 1. The van der Waals surface area contributed by atoms with Crippen LogP contribution in [0, 0.1) is 0 Å². The molecule has 0 saturated heterocycles. The number of methoxy groups -OCH3 is 1. The summed E-state index contributed by atoms with van der Waals surface area (Å²) in [7, 11) is 1.70. The molecule has 0 aliphatic heterocycles. The Labute approximate surface area is 155 Å². The lowest BCUT2D eigenvalue weighted by Crippen LogP contribution is -2.06.